The monoisotopic (exact) mass is 425 g/mol. The van der Waals surface area contributed by atoms with E-state index in [9.17, 15) is 18.8 Å². The number of halogens is 2. The van der Waals surface area contributed by atoms with Crippen LogP contribution in [0.5, 0.6) is 5.75 Å². The summed E-state index contributed by atoms with van der Waals surface area (Å²) in [6.07, 6.45) is 1.56. The SMILES string of the molecule is COc1cc(Cl)c(F)cc1C1CCN(C(=O)C(C)CC2(C)NC(=O)NC2=O)CC1. The zero-order valence-corrected chi connectivity index (χ0v) is 17.4. The van der Waals surface area contributed by atoms with Crippen LogP contribution >= 0.6 is 11.6 Å². The van der Waals surface area contributed by atoms with Crippen molar-refractivity contribution in [2.45, 2.75) is 44.6 Å². The number of hydrogen-bond donors (Lipinski definition) is 2. The maximum atomic E-state index is 13.9. The molecule has 0 saturated carbocycles. The molecule has 0 aliphatic carbocycles. The van der Waals surface area contributed by atoms with Gasteiger partial charge in [-0.1, -0.05) is 18.5 Å². The smallest absolute Gasteiger partial charge is 0.322 e. The first-order valence-corrected chi connectivity index (χ1v) is 9.97. The van der Waals surface area contributed by atoms with Crippen LogP contribution in [0, 0.1) is 11.7 Å². The highest BCUT2D eigenvalue weighted by molar-refractivity contribution is 6.30. The number of benzene rings is 1. The van der Waals surface area contributed by atoms with Crippen LogP contribution in [0.25, 0.3) is 0 Å². The number of nitrogens with zero attached hydrogens (tertiary/aromatic N) is 1. The van der Waals surface area contributed by atoms with Crippen molar-refractivity contribution >= 4 is 29.4 Å². The van der Waals surface area contributed by atoms with Crippen molar-refractivity contribution in [2.75, 3.05) is 20.2 Å². The van der Waals surface area contributed by atoms with E-state index in [1.165, 1.54) is 19.2 Å². The number of ether oxygens (including phenoxy) is 1. The molecule has 2 N–H and O–H groups in total. The molecule has 2 fully saturated rings. The molecule has 2 aliphatic rings. The van der Waals surface area contributed by atoms with Crippen molar-refractivity contribution in [1.82, 2.24) is 15.5 Å². The van der Waals surface area contributed by atoms with E-state index in [4.69, 9.17) is 16.3 Å². The Morgan fingerprint density at radius 2 is 2.03 bits per heavy atom. The van der Waals surface area contributed by atoms with E-state index in [1.807, 2.05) is 0 Å². The Kier molecular flexibility index (Phi) is 6.03. The highest BCUT2D eigenvalue weighted by Crippen LogP contribution is 2.37. The molecular formula is C20H25ClFN3O4. The van der Waals surface area contributed by atoms with Gasteiger partial charge in [0.15, 0.2) is 0 Å². The predicted octanol–water partition coefficient (Wildman–Crippen LogP) is 2.82. The molecule has 4 amide bonds. The molecule has 1 aromatic rings. The number of amides is 4. The second-order valence-corrected chi connectivity index (χ2v) is 8.36. The molecule has 3 rings (SSSR count). The number of imide groups is 1. The van der Waals surface area contributed by atoms with Gasteiger partial charge >= 0.3 is 6.03 Å². The summed E-state index contributed by atoms with van der Waals surface area (Å²) in [4.78, 5) is 38.0. The van der Waals surface area contributed by atoms with E-state index in [2.05, 4.69) is 10.6 Å². The molecule has 0 bridgehead atoms. The van der Waals surface area contributed by atoms with Crippen molar-refractivity contribution in [3.63, 3.8) is 0 Å². The lowest BCUT2D eigenvalue weighted by Crippen LogP contribution is -2.48. The Hall–Kier alpha value is -2.35. The normalized spacial score (nSPS) is 23.6. The summed E-state index contributed by atoms with van der Waals surface area (Å²) < 4.78 is 19.3. The summed E-state index contributed by atoms with van der Waals surface area (Å²) >= 11 is 5.84. The summed E-state index contributed by atoms with van der Waals surface area (Å²) in [7, 11) is 1.52. The maximum absolute atomic E-state index is 13.9. The molecular weight excluding hydrogens is 401 g/mol. The fraction of sp³-hybridized carbons (Fsp3) is 0.550. The third-order valence-electron chi connectivity index (χ3n) is 5.77. The number of nitrogens with one attached hydrogen (secondary N) is 2. The number of likely N-dealkylation sites (tertiary alicyclic amines) is 1. The Morgan fingerprint density at radius 1 is 1.38 bits per heavy atom. The van der Waals surface area contributed by atoms with Gasteiger partial charge in [-0.2, -0.15) is 0 Å². The predicted molar refractivity (Wildman–Crippen MR) is 105 cm³/mol. The number of urea groups is 1. The Balaban J connectivity index is 1.62. The Labute approximate surface area is 173 Å². The summed E-state index contributed by atoms with van der Waals surface area (Å²) in [5.41, 5.74) is -0.328. The van der Waals surface area contributed by atoms with Gasteiger partial charge in [-0.15, -0.1) is 0 Å². The summed E-state index contributed by atoms with van der Waals surface area (Å²) in [5, 5.41) is 4.82. The van der Waals surface area contributed by atoms with Crippen molar-refractivity contribution < 1.29 is 23.5 Å². The number of hydrogen-bond acceptors (Lipinski definition) is 4. The Bertz CT molecular complexity index is 841. The molecule has 9 heteroatoms. The molecule has 0 radical (unpaired) electrons. The van der Waals surface area contributed by atoms with Gasteiger partial charge in [-0.3, -0.25) is 14.9 Å². The van der Waals surface area contributed by atoms with Crippen LogP contribution in [0.2, 0.25) is 5.02 Å². The molecule has 2 aliphatic heterocycles. The first-order valence-electron chi connectivity index (χ1n) is 9.60. The third kappa shape index (κ3) is 4.32. The lowest BCUT2D eigenvalue weighted by Gasteiger charge is -2.35. The first-order chi connectivity index (χ1) is 13.6. The van der Waals surface area contributed by atoms with Crippen LogP contribution in [-0.2, 0) is 9.59 Å². The summed E-state index contributed by atoms with van der Waals surface area (Å²) in [6.45, 7) is 4.42. The molecule has 1 aromatic carbocycles. The highest BCUT2D eigenvalue weighted by atomic mass is 35.5. The highest BCUT2D eigenvalue weighted by Gasteiger charge is 2.44. The number of methoxy groups -OCH3 is 1. The average molecular weight is 426 g/mol. The maximum Gasteiger partial charge on any atom is 0.322 e. The molecule has 2 saturated heterocycles. The summed E-state index contributed by atoms with van der Waals surface area (Å²) in [5.74, 6) is -0.785. The van der Waals surface area contributed by atoms with Gasteiger partial charge in [0.05, 0.1) is 12.1 Å². The van der Waals surface area contributed by atoms with Gasteiger partial charge in [0.2, 0.25) is 5.91 Å². The minimum Gasteiger partial charge on any atom is -0.496 e. The fourth-order valence-corrected chi connectivity index (χ4v) is 4.34. The molecule has 2 heterocycles. The van der Waals surface area contributed by atoms with Crippen molar-refractivity contribution in [1.29, 1.82) is 0 Å². The van der Waals surface area contributed by atoms with E-state index >= 15 is 0 Å². The molecule has 7 nitrogen and oxygen atoms in total. The van der Waals surface area contributed by atoms with Crippen molar-refractivity contribution in [2.24, 2.45) is 5.92 Å². The second-order valence-electron chi connectivity index (χ2n) is 7.95. The number of carbonyl (C=O) groups is 3. The zero-order chi connectivity index (χ0) is 21.3. The minimum absolute atomic E-state index is 0.0172. The van der Waals surface area contributed by atoms with Crippen LogP contribution in [0.4, 0.5) is 9.18 Å². The van der Waals surface area contributed by atoms with Crippen molar-refractivity contribution in [3.8, 4) is 5.75 Å². The van der Waals surface area contributed by atoms with Gasteiger partial charge in [0.25, 0.3) is 5.91 Å². The first kappa shape index (κ1) is 21.4. The van der Waals surface area contributed by atoms with Crippen LogP contribution in [0.15, 0.2) is 12.1 Å². The van der Waals surface area contributed by atoms with Gasteiger partial charge in [-0.05, 0) is 38.2 Å². The van der Waals surface area contributed by atoms with E-state index in [0.29, 0.717) is 31.7 Å². The molecule has 0 spiro atoms. The standard InChI is InChI=1S/C20H25ClFN3O4/c1-11(10-20(2)18(27)23-19(28)24-20)17(26)25-6-4-12(5-7-25)13-8-15(22)14(21)9-16(13)29-3/h8-9,11-12H,4-7,10H2,1-3H3,(H2,23,24,27,28). The van der Waals surface area contributed by atoms with Gasteiger partial charge in [-0.25, -0.2) is 9.18 Å². The third-order valence-corrected chi connectivity index (χ3v) is 6.06. The summed E-state index contributed by atoms with van der Waals surface area (Å²) in [6, 6.07) is 2.35. The number of rotatable bonds is 5. The van der Waals surface area contributed by atoms with Crippen LogP contribution in [0.1, 0.15) is 44.6 Å². The molecule has 29 heavy (non-hydrogen) atoms. The van der Waals surface area contributed by atoms with Crippen LogP contribution in [-0.4, -0.2) is 48.5 Å². The largest absolute Gasteiger partial charge is 0.496 e. The average Bonchev–Trinajstić information content (AvgIpc) is 2.94. The van der Waals surface area contributed by atoms with Crippen LogP contribution in [0.3, 0.4) is 0 Å². The molecule has 2 unspecified atom stereocenters. The van der Waals surface area contributed by atoms with E-state index in [0.717, 1.165) is 5.56 Å². The van der Waals surface area contributed by atoms with Gasteiger partial charge < -0.3 is 15.0 Å². The number of piperidine rings is 1. The van der Waals surface area contributed by atoms with Crippen LogP contribution < -0.4 is 15.4 Å². The van der Waals surface area contributed by atoms with Crippen molar-refractivity contribution in [3.05, 3.63) is 28.5 Å². The lowest BCUT2D eigenvalue weighted by molar-refractivity contribution is -0.137. The molecule has 158 valence electrons. The Morgan fingerprint density at radius 3 is 2.59 bits per heavy atom. The lowest BCUT2D eigenvalue weighted by atomic mass is 9.86. The van der Waals surface area contributed by atoms with E-state index in [-0.39, 0.29) is 23.3 Å². The zero-order valence-electron chi connectivity index (χ0n) is 16.7. The molecule has 0 aromatic heterocycles. The van der Waals surface area contributed by atoms with Gasteiger partial charge in [0.1, 0.15) is 17.1 Å². The minimum atomic E-state index is -1.08. The van der Waals surface area contributed by atoms with Gasteiger partial charge in [0, 0.05) is 30.6 Å². The van der Waals surface area contributed by atoms with E-state index < -0.39 is 29.2 Å². The quantitative estimate of drug-likeness (QED) is 0.710. The number of carbonyl (C=O) groups excluding carboxylic acids is 3. The topological polar surface area (TPSA) is 87.7 Å². The second kappa shape index (κ2) is 8.18. The molecule has 2 atom stereocenters. The fourth-order valence-electron chi connectivity index (χ4n) is 4.19. The van der Waals surface area contributed by atoms with E-state index in [1.54, 1.807) is 18.7 Å².